The van der Waals surface area contributed by atoms with Crippen molar-refractivity contribution in [1.82, 2.24) is 0 Å². The van der Waals surface area contributed by atoms with E-state index < -0.39 is 12.2 Å². The van der Waals surface area contributed by atoms with Crippen molar-refractivity contribution >= 4 is 29.2 Å². The van der Waals surface area contributed by atoms with Gasteiger partial charge in [-0.25, -0.2) is 14.7 Å². The standard InChI is InChI=1S/C16H16N3O5/c1-17-11-3-7-13(8-4-11)19(16(21)22)24-15(20)18-12-5-9-14(23-2)10-6-12/h3-10,17H,1-2H3,(H,18,20). The summed E-state index contributed by atoms with van der Waals surface area (Å²) in [6, 6.07) is 12.7. The van der Waals surface area contributed by atoms with E-state index in [4.69, 9.17) is 9.57 Å². The Labute approximate surface area is 138 Å². The zero-order chi connectivity index (χ0) is 17.5. The molecular weight excluding hydrogens is 314 g/mol. The first-order valence-electron chi connectivity index (χ1n) is 6.95. The van der Waals surface area contributed by atoms with Gasteiger partial charge in [0.1, 0.15) is 5.75 Å². The van der Waals surface area contributed by atoms with Gasteiger partial charge in [0.05, 0.1) is 12.8 Å². The molecule has 0 unspecified atom stereocenters. The van der Waals surface area contributed by atoms with Crippen molar-refractivity contribution in [2.24, 2.45) is 0 Å². The van der Waals surface area contributed by atoms with Gasteiger partial charge in [-0.05, 0) is 48.5 Å². The number of hydrogen-bond donors (Lipinski definition) is 2. The van der Waals surface area contributed by atoms with Crippen LogP contribution in [0.15, 0.2) is 48.5 Å². The van der Waals surface area contributed by atoms with E-state index in [1.807, 2.05) is 0 Å². The maximum atomic E-state index is 11.9. The molecule has 0 bridgehead atoms. The Morgan fingerprint density at radius 2 is 1.54 bits per heavy atom. The molecular formula is C16H16N3O5. The van der Waals surface area contributed by atoms with E-state index in [2.05, 4.69) is 10.6 Å². The Kier molecular flexibility index (Phi) is 5.45. The number of hydrogen-bond acceptors (Lipinski definition) is 5. The highest BCUT2D eigenvalue weighted by molar-refractivity contribution is 5.91. The molecule has 0 saturated heterocycles. The Bertz CT molecular complexity index is 701. The number of ether oxygens (including phenoxy) is 1. The molecule has 8 nitrogen and oxygen atoms in total. The Hall–Kier alpha value is -3.42. The predicted molar refractivity (Wildman–Crippen MR) is 87.6 cm³/mol. The zero-order valence-corrected chi connectivity index (χ0v) is 13.1. The first kappa shape index (κ1) is 16.9. The third-order valence-corrected chi connectivity index (χ3v) is 3.07. The van der Waals surface area contributed by atoms with Crippen molar-refractivity contribution in [3.8, 4) is 5.75 Å². The molecule has 0 fully saturated rings. The van der Waals surface area contributed by atoms with Crippen LogP contribution in [-0.4, -0.2) is 26.3 Å². The number of amides is 2. The van der Waals surface area contributed by atoms with Crippen LogP contribution in [0.1, 0.15) is 0 Å². The van der Waals surface area contributed by atoms with Gasteiger partial charge in [0.2, 0.25) is 0 Å². The summed E-state index contributed by atoms with van der Waals surface area (Å²) in [5.41, 5.74) is 1.34. The number of rotatable bonds is 4. The quantitative estimate of drug-likeness (QED) is 0.838. The van der Waals surface area contributed by atoms with E-state index >= 15 is 0 Å². The number of carbonyl (C=O) groups excluding carboxylic acids is 2. The maximum absolute atomic E-state index is 11.9. The van der Waals surface area contributed by atoms with Crippen LogP contribution in [0.3, 0.4) is 0 Å². The maximum Gasteiger partial charge on any atom is 0.490 e. The fraction of sp³-hybridized carbons (Fsp3) is 0.125. The number of anilines is 3. The molecule has 125 valence electrons. The molecule has 0 aliphatic heterocycles. The number of hydroxylamine groups is 1. The molecule has 0 atom stereocenters. The number of benzene rings is 2. The fourth-order valence-corrected chi connectivity index (χ4v) is 1.86. The first-order chi connectivity index (χ1) is 11.5. The molecule has 0 saturated carbocycles. The molecule has 2 aromatic carbocycles. The average molecular weight is 330 g/mol. The van der Waals surface area contributed by atoms with Crippen LogP contribution in [0.2, 0.25) is 0 Å². The third-order valence-electron chi connectivity index (χ3n) is 3.07. The van der Waals surface area contributed by atoms with Crippen LogP contribution in [0.25, 0.3) is 0 Å². The fourth-order valence-electron chi connectivity index (χ4n) is 1.86. The topological polar surface area (TPSA) is 99.8 Å². The predicted octanol–water partition coefficient (Wildman–Crippen LogP) is 3.26. The summed E-state index contributed by atoms with van der Waals surface area (Å²) in [5.74, 6) is 0.620. The summed E-state index contributed by atoms with van der Waals surface area (Å²) in [5, 5.41) is 16.9. The lowest BCUT2D eigenvalue weighted by Crippen LogP contribution is -2.33. The van der Waals surface area contributed by atoms with Gasteiger partial charge >= 0.3 is 12.2 Å². The minimum Gasteiger partial charge on any atom is -0.497 e. The smallest absolute Gasteiger partial charge is 0.490 e. The van der Waals surface area contributed by atoms with Crippen LogP contribution in [0.5, 0.6) is 5.75 Å². The van der Waals surface area contributed by atoms with Gasteiger partial charge in [0, 0.05) is 18.4 Å². The molecule has 0 spiro atoms. The molecule has 24 heavy (non-hydrogen) atoms. The van der Waals surface area contributed by atoms with Crippen LogP contribution in [-0.2, 0) is 9.94 Å². The normalized spacial score (nSPS) is 9.75. The molecule has 2 amide bonds. The molecule has 2 N–H and O–H groups in total. The molecule has 2 rings (SSSR count). The zero-order valence-electron chi connectivity index (χ0n) is 13.1. The third kappa shape index (κ3) is 4.29. The Morgan fingerprint density at radius 1 is 0.958 bits per heavy atom. The second kappa shape index (κ2) is 7.73. The second-order valence-corrected chi connectivity index (χ2v) is 4.59. The molecule has 8 heteroatoms. The van der Waals surface area contributed by atoms with Crippen LogP contribution < -0.4 is 20.4 Å². The number of nitrogens with zero attached hydrogens (tertiary/aromatic N) is 1. The molecule has 1 radical (unpaired) electrons. The minimum absolute atomic E-state index is 0.138. The molecule has 0 heterocycles. The summed E-state index contributed by atoms with van der Waals surface area (Å²) in [7, 11) is 3.25. The van der Waals surface area contributed by atoms with Crippen molar-refractivity contribution in [3.63, 3.8) is 0 Å². The number of nitrogens with one attached hydrogen (secondary N) is 2. The van der Waals surface area contributed by atoms with Gasteiger partial charge in [-0.3, -0.25) is 5.32 Å². The Balaban J connectivity index is 2.05. The van der Waals surface area contributed by atoms with Gasteiger partial charge in [-0.15, -0.1) is 0 Å². The van der Waals surface area contributed by atoms with Gasteiger partial charge in [-0.1, -0.05) is 5.06 Å². The van der Waals surface area contributed by atoms with Gasteiger partial charge in [0.15, 0.2) is 0 Å². The minimum atomic E-state index is -1.67. The van der Waals surface area contributed by atoms with E-state index in [1.165, 1.54) is 19.2 Å². The lowest BCUT2D eigenvalue weighted by molar-refractivity contribution is 0.114. The van der Waals surface area contributed by atoms with Crippen molar-refractivity contribution < 1.29 is 24.3 Å². The highest BCUT2D eigenvalue weighted by atomic mass is 16.7. The summed E-state index contributed by atoms with van der Waals surface area (Å²) in [6.45, 7) is 0. The lowest BCUT2D eigenvalue weighted by atomic mass is 10.3. The van der Waals surface area contributed by atoms with E-state index in [0.717, 1.165) is 5.69 Å². The van der Waals surface area contributed by atoms with Gasteiger partial charge in [0.25, 0.3) is 0 Å². The lowest BCUT2D eigenvalue weighted by Gasteiger charge is -2.17. The van der Waals surface area contributed by atoms with Crippen LogP contribution in [0, 0.1) is 0 Å². The summed E-state index contributed by atoms with van der Waals surface area (Å²) in [4.78, 5) is 27.9. The molecule has 0 aliphatic carbocycles. The average Bonchev–Trinajstić information content (AvgIpc) is 2.60. The van der Waals surface area contributed by atoms with E-state index in [1.54, 1.807) is 43.4 Å². The molecule has 2 aromatic rings. The summed E-state index contributed by atoms with van der Waals surface area (Å²) < 4.78 is 5.00. The SMILES string of the molecule is CNc1ccc(N(OC(=O)Nc2ccc(OC)cc2)C([O])=O)cc1. The van der Waals surface area contributed by atoms with Crippen molar-refractivity contribution in [1.29, 1.82) is 0 Å². The number of carbonyl (C=O) groups is 2. The summed E-state index contributed by atoms with van der Waals surface area (Å²) in [6.07, 6.45) is -2.64. The van der Waals surface area contributed by atoms with Crippen molar-refractivity contribution in [2.45, 2.75) is 0 Å². The summed E-state index contributed by atoms with van der Waals surface area (Å²) >= 11 is 0. The highest BCUT2D eigenvalue weighted by Gasteiger charge is 2.21. The van der Waals surface area contributed by atoms with Crippen molar-refractivity contribution in [3.05, 3.63) is 48.5 Å². The highest BCUT2D eigenvalue weighted by Crippen LogP contribution is 2.20. The van der Waals surface area contributed by atoms with Gasteiger partial charge < -0.3 is 14.9 Å². The van der Waals surface area contributed by atoms with E-state index in [9.17, 15) is 14.7 Å². The van der Waals surface area contributed by atoms with Crippen LogP contribution >= 0.6 is 0 Å². The van der Waals surface area contributed by atoms with E-state index in [0.29, 0.717) is 16.5 Å². The molecule has 0 aromatic heterocycles. The van der Waals surface area contributed by atoms with Crippen LogP contribution in [0.4, 0.5) is 26.7 Å². The monoisotopic (exact) mass is 330 g/mol. The van der Waals surface area contributed by atoms with E-state index in [-0.39, 0.29) is 5.69 Å². The first-order valence-corrected chi connectivity index (χ1v) is 6.95. The number of methoxy groups -OCH3 is 1. The largest absolute Gasteiger partial charge is 0.497 e. The second-order valence-electron chi connectivity index (χ2n) is 4.59. The van der Waals surface area contributed by atoms with Gasteiger partial charge in [-0.2, -0.15) is 0 Å². The Morgan fingerprint density at radius 3 is 2.04 bits per heavy atom. The van der Waals surface area contributed by atoms with Crippen molar-refractivity contribution in [2.75, 3.05) is 29.9 Å². The molecule has 0 aliphatic rings.